The SMILES string of the molecule is CC(C)CCC1OC(O)C23CCC4C(CCC5=CC(=O)CCC54C)C2CC(=O)C3C1C. The molecule has 4 heteroatoms. The van der Waals surface area contributed by atoms with E-state index in [-0.39, 0.29) is 35.1 Å². The molecule has 4 nitrogen and oxygen atoms in total. The molecule has 9 atom stereocenters. The number of carbonyl (C=O) groups is 2. The number of Topliss-reactive ketones (excluding diaryl/α,β-unsaturated/α-hetero) is 1. The second kappa shape index (κ2) is 7.52. The topological polar surface area (TPSA) is 63.6 Å². The number of ketones is 2. The first-order valence-corrected chi connectivity index (χ1v) is 12.8. The van der Waals surface area contributed by atoms with Gasteiger partial charge < -0.3 is 9.84 Å². The molecule has 5 rings (SSSR count). The number of aliphatic hydroxyl groups is 1. The highest BCUT2D eigenvalue weighted by molar-refractivity contribution is 5.91. The smallest absolute Gasteiger partial charge is 0.161 e. The lowest BCUT2D eigenvalue weighted by Gasteiger charge is -2.61. The summed E-state index contributed by atoms with van der Waals surface area (Å²) >= 11 is 0. The highest BCUT2D eigenvalue weighted by Gasteiger charge is 2.69. The quantitative estimate of drug-likeness (QED) is 0.681. The largest absolute Gasteiger partial charge is 0.367 e. The van der Waals surface area contributed by atoms with E-state index in [2.05, 4.69) is 27.7 Å². The number of aliphatic hydroxyl groups excluding tert-OH is 1. The van der Waals surface area contributed by atoms with Gasteiger partial charge in [-0.05, 0) is 86.0 Å². The number of allylic oxidation sites excluding steroid dienone is 1. The van der Waals surface area contributed by atoms with Crippen molar-refractivity contribution in [2.75, 3.05) is 0 Å². The Morgan fingerprint density at radius 1 is 1.16 bits per heavy atom. The van der Waals surface area contributed by atoms with Crippen LogP contribution in [0.3, 0.4) is 0 Å². The van der Waals surface area contributed by atoms with Crippen LogP contribution in [-0.4, -0.2) is 29.1 Å². The van der Waals surface area contributed by atoms with Crippen molar-refractivity contribution in [2.45, 2.75) is 97.9 Å². The van der Waals surface area contributed by atoms with Gasteiger partial charge in [-0.25, -0.2) is 0 Å². The third kappa shape index (κ3) is 3.07. The van der Waals surface area contributed by atoms with Gasteiger partial charge in [-0.1, -0.05) is 33.3 Å². The van der Waals surface area contributed by atoms with Crippen molar-refractivity contribution in [3.63, 3.8) is 0 Å². The Balaban J connectivity index is 1.45. The van der Waals surface area contributed by atoms with Gasteiger partial charge in [0.15, 0.2) is 12.1 Å². The van der Waals surface area contributed by atoms with Gasteiger partial charge in [0.1, 0.15) is 5.78 Å². The molecule has 4 aliphatic carbocycles. The van der Waals surface area contributed by atoms with Crippen molar-refractivity contribution in [1.29, 1.82) is 0 Å². The molecule has 1 aliphatic heterocycles. The summed E-state index contributed by atoms with van der Waals surface area (Å²) in [6.07, 6.45) is 9.24. The van der Waals surface area contributed by atoms with E-state index in [1.165, 1.54) is 5.57 Å². The van der Waals surface area contributed by atoms with Crippen molar-refractivity contribution < 1.29 is 19.4 Å². The van der Waals surface area contributed by atoms with Crippen LogP contribution >= 0.6 is 0 Å². The lowest BCUT2D eigenvalue weighted by molar-refractivity contribution is -0.293. The first-order chi connectivity index (χ1) is 14.7. The first-order valence-electron chi connectivity index (χ1n) is 12.8. The van der Waals surface area contributed by atoms with Crippen LogP contribution in [0.25, 0.3) is 0 Å². The molecule has 5 aliphatic rings. The summed E-state index contributed by atoms with van der Waals surface area (Å²) in [5.74, 6) is 2.57. The molecule has 1 heterocycles. The van der Waals surface area contributed by atoms with Gasteiger partial charge in [0.05, 0.1) is 6.10 Å². The average Bonchev–Trinajstić information content (AvgIpc) is 3.04. The lowest BCUT2D eigenvalue weighted by atomic mass is 9.45. The second-order valence-electron chi connectivity index (χ2n) is 12.1. The van der Waals surface area contributed by atoms with Gasteiger partial charge in [0, 0.05) is 24.2 Å². The molecule has 172 valence electrons. The predicted octanol–water partition coefficient (Wildman–Crippen LogP) is 5.08. The summed E-state index contributed by atoms with van der Waals surface area (Å²) in [6, 6.07) is 0. The summed E-state index contributed by atoms with van der Waals surface area (Å²) in [7, 11) is 0. The Labute approximate surface area is 187 Å². The monoisotopic (exact) mass is 428 g/mol. The molecule has 0 amide bonds. The van der Waals surface area contributed by atoms with Crippen molar-refractivity contribution in [3.05, 3.63) is 11.6 Å². The highest BCUT2D eigenvalue weighted by atomic mass is 16.6. The minimum atomic E-state index is -0.819. The molecule has 1 saturated heterocycles. The maximum absolute atomic E-state index is 13.5. The van der Waals surface area contributed by atoms with E-state index in [1.807, 2.05) is 6.08 Å². The first kappa shape index (κ1) is 21.8. The summed E-state index contributed by atoms with van der Waals surface area (Å²) < 4.78 is 6.34. The van der Waals surface area contributed by atoms with E-state index in [9.17, 15) is 14.7 Å². The van der Waals surface area contributed by atoms with E-state index in [0.29, 0.717) is 36.4 Å². The van der Waals surface area contributed by atoms with Gasteiger partial charge in [0.25, 0.3) is 0 Å². The number of carbonyl (C=O) groups excluding carboxylic acids is 2. The Morgan fingerprint density at radius 3 is 2.68 bits per heavy atom. The van der Waals surface area contributed by atoms with Crippen LogP contribution in [0, 0.1) is 46.3 Å². The Bertz CT molecular complexity index is 799. The fraction of sp³-hybridized carbons (Fsp3) is 0.852. The van der Waals surface area contributed by atoms with E-state index in [1.54, 1.807) is 0 Å². The molecule has 1 spiro atoms. The molecule has 0 radical (unpaired) electrons. The maximum atomic E-state index is 13.5. The maximum Gasteiger partial charge on any atom is 0.161 e. The Morgan fingerprint density at radius 2 is 1.94 bits per heavy atom. The number of hydrogen-bond acceptors (Lipinski definition) is 4. The fourth-order valence-electron chi connectivity index (χ4n) is 8.83. The molecule has 0 aromatic carbocycles. The normalized spacial score (nSPS) is 49.2. The molecule has 31 heavy (non-hydrogen) atoms. The van der Waals surface area contributed by atoms with E-state index in [0.717, 1.165) is 44.9 Å². The predicted molar refractivity (Wildman–Crippen MR) is 119 cm³/mol. The standard InChI is InChI=1S/C27H40O4/c1-15(2)5-8-23-16(3)24-22(29)14-21-19-7-6-17-13-18(28)9-11-26(17,4)20(19)10-12-27(21,24)25(30)31-23/h13,15-16,19-21,23-25,30H,5-12,14H2,1-4H3. The Hall–Kier alpha value is -1.00. The number of rotatable bonds is 3. The molecular formula is C27H40O4. The number of ether oxygens (including phenoxy) is 1. The van der Waals surface area contributed by atoms with E-state index < -0.39 is 11.7 Å². The summed E-state index contributed by atoms with van der Waals surface area (Å²) in [4.78, 5) is 25.5. The summed E-state index contributed by atoms with van der Waals surface area (Å²) in [5.41, 5.74) is 1.05. The van der Waals surface area contributed by atoms with Gasteiger partial charge >= 0.3 is 0 Å². The third-order valence-corrected chi connectivity index (χ3v) is 10.4. The van der Waals surface area contributed by atoms with Gasteiger partial charge in [-0.3, -0.25) is 9.59 Å². The zero-order chi connectivity index (χ0) is 22.1. The van der Waals surface area contributed by atoms with Crippen LogP contribution in [0.1, 0.15) is 85.5 Å². The van der Waals surface area contributed by atoms with Crippen LogP contribution in [0.15, 0.2) is 11.6 Å². The molecule has 0 aromatic heterocycles. The molecule has 3 saturated carbocycles. The van der Waals surface area contributed by atoms with E-state index >= 15 is 0 Å². The van der Waals surface area contributed by atoms with Crippen LogP contribution in [0.4, 0.5) is 0 Å². The van der Waals surface area contributed by atoms with Crippen LogP contribution in [0.5, 0.6) is 0 Å². The minimum absolute atomic E-state index is 0.0174. The zero-order valence-corrected chi connectivity index (χ0v) is 19.7. The molecule has 4 fully saturated rings. The van der Waals surface area contributed by atoms with Crippen molar-refractivity contribution >= 4 is 11.6 Å². The lowest BCUT2D eigenvalue weighted by Crippen LogP contribution is -2.61. The zero-order valence-electron chi connectivity index (χ0n) is 19.7. The van der Waals surface area contributed by atoms with E-state index in [4.69, 9.17) is 4.74 Å². The molecule has 1 N–H and O–H groups in total. The fourth-order valence-corrected chi connectivity index (χ4v) is 8.83. The van der Waals surface area contributed by atoms with Crippen molar-refractivity contribution in [2.24, 2.45) is 46.3 Å². The van der Waals surface area contributed by atoms with Crippen LogP contribution in [0.2, 0.25) is 0 Å². The molecule has 9 unspecified atom stereocenters. The van der Waals surface area contributed by atoms with Gasteiger partial charge in [-0.2, -0.15) is 0 Å². The van der Waals surface area contributed by atoms with Crippen molar-refractivity contribution in [3.8, 4) is 0 Å². The number of hydrogen-bond donors (Lipinski definition) is 1. The van der Waals surface area contributed by atoms with Crippen LogP contribution in [-0.2, 0) is 14.3 Å². The summed E-state index contributed by atoms with van der Waals surface area (Å²) in [5, 5.41) is 11.4. The van der Waals surface area contributed by atoms with Crippen molar-refractivity contribution in [1.82, 2.24) is 0 Å². The van der Waals surface area contributed by atoms with Gasteiger partial charge in [0.2, 0.25) is 0 Å². The highest BCUT2D eigenvalue weighted by Crippen LogP contribution is 2.69. The number of fused-ring (bicyclic) bond motifs is 4. The second-order valence-corrected chi connectivity index (χ2v) is 12.1. The molecule has 0 aromatic rings. The Kier molecular flexibility index (Phi) is 5.29. The average molecular weight is 429 g/mol. The van der Waals surface area contributed by atoms with Crippen LogP contribution < -0.4 is 0 Å². The third-order valence-electron chi connectivity index (χ3n) is 10.4. The van der Waals surface area contributed by atoms with Gasteiger partial charge in [-0.15, -0.1) is 0 Å². The molecular weight excluding hydrogens is 388 g/mol. The molecule has 0 bridgehead atoms. The summed E-state index contributed by atoms with van der Waals surface area (Å²) in [6.45, 7) is 9.00. The minimum Gasteiger partial charge on any atom is -0.367 e.